The van der Waals surface area contributed by atoms with E-state index in [4.69, 9.17) is 15.2 Å². The number of rotatable bonds is 7. The van der Waals surface area contributed by atoms with Gasteiger partial charge in [-0.25, -0.2) is 0 Å². The highest BCUT2D eigenvalue weighted by Crippen LogP contribution is 2.28. The van der Waals surface area contributed by atoms with E-state index >= 15 is 0 Å². The van der Waals surface area contributed by atoms with Crippen LogP contribution in [0.1, 0.15) is 36.9 Å². The molecular weight excluding hydrogens is 340 g/mol. The highest BCUT2D eigenvalue weighted by atomic mass is 16.5. The second kappa shape index (κ2) is 9.02. The summed E-state index contributed by atoms with van der Waals surface area (Å²) in [7, 11) is 0. The van der Waals surface area contributed by atoms with Crippen molar-refractivity contribution in [1.29, 1.82) is 0 Å². The Bertz CT molecular complexity index is 757. The molecule has 0 aromatic heterocycles. The fraction of sp³-hybridized carbons (Fsp3) is 0.409. The fourth-order valence-corrected chi connectivity index (χ4v) is 3.18. The molecule has 0 spiro atoms. The van der Waals surface area contributed by atoms with Gasteiger partial charge >= 0.3 is 0 Å². The van der Waals surface area contributed by atoms with Gasteiger partial charge in [0, 0.05) is 12.6 Å². The third kappa shape index (κ3) is 5.08. The van der Waals surface area contributed by atoms with Crippen LogP contribution in [0, 0.1) is 12.8 Å². The van der Waals surface area contributed by atoms with Gasteiger partial charge in [0.1, 0.15) is 12.4 Å². The van der Waals surface area contributed by atoms with E-state index in [-0.39, 0.29) is 24.0 Å². The average Bonchev–Trinajstić information content (AvgIpc) is 3.21. The Balaban J connectivity index is 1.67. The number of nitrogens with one attached hydrogen (secondary N) is 1. The molecule has 3 rings (SSSR count). The van der Waals surface area contributed by atoms with E-state index in [1.807, 2.05) is 62.4 Å². The molecule has 0 aliphatic carbocycles. The van der Waals surface area contributed by atoms with E-state index < -0.39 is 0 Å². The quantitative estimate of drug-likeness (QED) is 0.779. The summed E-state index contributed by atoms with van der Waals surface area (Å²) in [6.07, 6.45) is 2.20. The first kappa shape index (κ1) is 19.4. The SMILES string of the molecule is Cc1ccc(NC(=O)C(C)C(N)c2ccccc2)c(OCC2CCCO2)c1. The predicted octanol–water partition coefficient (Wildman–Crippen LogP) is 3.83. The van der Waals surface area contributed by atoms with Gasteiger partial charge in [-0.05, 0) is 43.0 Å². The predicted molar refractivity (Wildman–Crippen MR) is 107 cm³/mol. The number of anilines is 1. The van der Waals surface area contributed by atoms with Crippen molar-refractivity contribution < 1.29 is 14.3 Å². The molecule has 1 heterocycles. The average molecular weight is 368 g/mol. The number of ether oxygens (including phenoxy) is 2. The van der Waals surface area contributed by atoms with Gasteiger partial charge in [0.2, 0.25) is 5.91 Å². The molecule has 0 bridgehead atoms. The minimum absolute atomic E-state index is 0.125. The fourth-order valence-electron chi connectivity index (χ4n) is 3.18. The van der Waals surface area contributed by atoms with Crippen molar-refractivity contribution >= 4 is 11.6 Å². The molecule has 5 heteroatoms. The lowest BCUT2D eigenvalue weighted by atomic mass is 9.94. The van der Waals surface area contributed by atoms with Crippen LogP contribution in [0.5, 0.6) is 5.75 Å². The maximum Gasteiger partial charge on any atom is 0.229 e. The molecule has 3 atom stereocenters. The number of nitrogens with two attached hydrogens (primary N) is 1. The molecule has 3 unspecified atom stereocenters. The molecule has 144 valence electrons. The van der Waals surface area contributed by atoms with Gasteiger partial charge in [-0.3, -0.25) is 4.79 Å². The van der Waals surface area contributed by atoms with Crippen molar-refractivity contribution in [3.05, 3.63) is 59.7 Å². The summed E-state index contributed by atoms with van der Waals surface area (Å²) in [6, 6.07) is 15.1. The Morgan fingerprint density at radius 3 is 2.78 bits per heavy atom. The van der Waals surface area contributed by atoms with Gasteiger partial charge in [-0.1, -0.05) is 43.3 Å². The van der Waals surface area contributed by atoms with E-state index in [0.29, 0.717) is 18.0 Å². The Hall–Kier alpha value is -2.37. The number of benzene rings is 2. The van der Waals surface area contributed by atoms with Crippen LogP contribution < -0.4 is 15.8 Å². The molecular formula is C22H28N2O3. The Labute approximate surface area is 160 Å². The molecule has 27 heavy (non-hydrogen) atoms. The molecule has 3 N–H and O–H groups in total. The summed E-state index contributed by atoms with van der Waals surface area (Å²) < 4.78 is 11.6. The lowest BCUT2D eigenvalue weighted by molar-refractivity contribution is -0.120. The number of amides is 1. The van der Waals surface area contributed by atoms with Crippen molar-refractivity contribution in [2.24, 2.45) is 11.7 Å². The molecule has 1 aliphatic rings. The van der Waals surface area contributed by atoms with E-state index in [1.54, 1.807) is 0 Å². The van der Waals surface area contributed by atoms with Crippen molar-refractivity contribution in [1.82, 2.24) is 0 Å². The van der Waals surface area contributed by atoms with Crippen LogP contribution >= 0.6 is 0 Å². The molecule has 0 saturated carbocycles. The van der Waals surface area contributed by atoms with Crippen LogP contribution in [0.25, 0.3) is 0 Å². The molecule has 1 amide bonds. The molecule has 2 aromatic rings. The van der Waals surface area contributed by atoms with Crippen molar-refractivity contribution in [2.45, 2.75) is 38.8 Å². The van der Waals surface area contributed by atoms with Gasteiger partial charge in [0.05, 0.1) is 17.7 Å². The molecule has 1 saturated heterocycles. The van der Waals surface area contributed by atoms with Gasteiger partial charge in [-0.15, -0.1) is 0 Å². The maximum absolute atomic E-state index is 12.8. The minimum atomic E-state index is -0.375. The number of hydrogen-bond acceptors (Lipinski definition) is 4. The van der Waals surface area contributed by atoms with Crippen molar-refractivity contribution in [3.63, 3.8) is 0 Å². The van der Waals surface area contributed by atoms with Gasteiger partial charge in [0.25, 0.3) is 0 Å². The Kier molecular flexibility index (Phi) is 6.48. The van der Waals surface area contributed by atoms with Crippen LogP contribution in [0.2, 0.25) is 0 Å². The van der Waals surface area contributed by atoms with Crippen molar-refractivity contribution in [2.75, 3.05) is 18.5 Å². The molecule has 5 nitrogen and oxygen atoms in total. The summed E-state index contributed by atoms with van der Waals surface area (Å²) in [5, 5.41) is 2.98. The third-order valence-corrected chi connectivity index (χ3v) is 4.98. The summed E-state index contributed by atoms with van der Waals surface area (Å²) in [5.41, 5.74) is 8.97. The first-order chi connectivity index (χ1) is 13.0. The van der Waals surface area contributed by atoms with Crippen LogP contribution in [0.15, 0.2) is 48.5 Å². The standard InChI is InChI=1S/C22H28N2O3/c1-15-10-11-19(20(13-15)27-14-18-9-6-12-26-18)24-22(25)16(2)21(23)17-7-4-3-5-8-17/h3-5,7-8,10-11,13,16,18,21H,6,9,12,14,23H2,1-2H3,(H,24,25). The maximum atomic E-state index is 12.8. The zero-order chi connectivity index (χ0) is 19.2. The summed E-state index contributed by atoms with van der Waals surface area (Å²) in [5.74, 6) is 0.163. The molecule has 1 fully saturated rings. The smallest absolute Gasteiger partial charge is 0.229 e. The van der Waals surface area contributed by atoms with E-state index in [0.717, 1.165) is 30.6 Å². The summed E-state index contributed by atoms with van der Waals surface area (Å²) in [4.78, 5) is 12.8. The zero-order valence-corrected chi connectivity index (χ0v) is 16.0. The summed E-state index contributed by atoms with van der Waals surface area (Å²) >= 11 is 0. The van der Waals surface area contributed by atoms with E-state index in [9.17, 15) is 4.79 Å². The number of carbonyl (C=O) groups excluding carboxylic acids is 1. The van der Waals surface area contributed by atoms with Gasteiger partial charge < -0.3 is 20.5 Å². The van der Waals surface area contributed by atoms with Gasteiger partial charge in [0.15, 0.2) is 0 Å². The normalized spacial score (nSPS) is 18.7. The topological polar surface area (TPSA) is 73.6 Å². The van der Waals surface area contributed by atoms with Gasteiger partial charge in [-0.2, -0.15) is 0 Å². The highest BCUT2D eigenvalue weighted by molar-refractivity contribution is 5.94. The lowest BCUT2D eigenvalue weighted by Crippen LogP contribution is -2.30. The lowest BCUT2D eigenvalue weighted by Gasteiger charge is -2.21. The van der Waals surface area contributed by atoms with Crippen LogP contribution in [-0.4, -0.2) is 25.2 Å². The van der Waals surface area contributed by atoms with Crippen LogP contribution in [0.3, 0.4) is 0 Å². The second-order valence-corrected chi connectivity index (χ2v) is 7.16. The Morgan fingerprint density at radius 2 is 2.07 bits per heavy atom. The number of aryl methyl sites for hydroxylation is 1. The molecule has 0 radical (unpaired) electrons. The number of hydrogen-bond donors (Lipinski definition) is 2. The van der Waals surface area contributed by atoms with Crippen molar-refractivity contribution in [3.8, 4) is 5.75 Å². The zero-order valence-electron chi connectivity index (χ0n) is 16.0. The van der Waals surface area contributed by atoms with E-state index in [1.165, 1.54) is 0 Å². The minimum Gasteiger partial charge on any atom is -0.489 e. The largest absolute Gasteiger partial charge is 0.489 e. The summed E-state index contributed by atoms with van der Waals surface area (Å²) in [6.45, 7) is 5.12. The van der Waals surface area contributed by atoms with Crippen LogP contribution in [-0.2, 0) is 9.53 Å². The highest BCUT2D eigenvalue weighted by Gasteiger charge is 2.23. The van der Waals surface area contributed by atoms with E-state index in [2.05, 4.69) is 5.32 Å². The number of carbonyl (C=O) groups is 1. The second-order valence-electron chi connectivity index (χ2n) is 7.16. The molecule has 2 aromatic carbocycles. The molecule has 1 aliphatic heterocycles. The monoisotopic (exact) mass is 368 g/mol. The third-order valence-electron chi connectivity index (χ3n) is 4.98. The Morgan fingerprint density at radius 1 is 1.30 bits per heavy atom. The van der Waals surface area contributed by atoms with Crippen LogP contribution in [0.4, 0.5) is 5.69 Å². The first-order valence-corrected chi connectivity index (χ1v) is 9.51. The first-order valence-electron chi connectivity index (χ1n) is 9.51.